The molecule has 0 N–H and O–H groups in total. The van der Waals surface area contributed by atoms with Crippen molar-refractivity contribution in [2.24, 2.45) is 0 Å². The smallest absolute Gasteiger partial charge is 0.305 e. The number of aldehydes is 1. The van der Waals surface area contributed by atoms with Crippen molar-refractivity contribution >= 4 is 12.3 Å². The van der Waals surface area contributed by atoms with Gasteiger partial charge < -0.3 is 9.53 Å². The van der Waals surface area contributed by atoms with Gasteiger partial charge in [0, 0.05) is 12.8 Å². The van der Waals surface area contributed by atoms with Gasteiger partial charge in [-0.1, -0.05) is 57.8 Å². The molecule has 112 valence electrons. The second kappa shape index (κ2) is 15.2. The highest BCUT2D eigenvalue weighted by Gasteiger charge is 1.99. The lowest BCUT2D eigenvalue weighted by Crippen LogP contribution is -1.99. The number of hydrogen-bond donors (Lipinski definition) is 0. The maximum atomic E-state index is 10.9. The lowest BCUT2D eigenvalue weighted by atomic mass is 10.0. The van der Waals surface area contributed by atoms with Gasteiger partial charge in [0.1, 0.15) is 6.29 Å². The number of esters is 1. The van der Waals surface area contributed by atoms with E-state index in [-0.39, 0.29) is 5.97 Å². The molecule has 0 spiro atoms. The van der Waals surface area contributed by atoms with Crippen LogP contribution in [0.15, 0.2) is 0 Å². The second-order valence-electron chi connectivity index (χ2n) is 5.17. The Labute approximate surface area is 118 Å². The van der Waals surface area contributed by atoms with Crippen LogP contribution in [0.25, 0.3) is 0 Å². The van der Waals surface area contributed by atoms with Crippen molar-refractivity contribution in [1.29, 1.82) is 0 Å². The molecule has 0 aliphatic heterocycles. The SMILES string of the molecule is COC(=O)CCCCCCCCCCCCCC=O. The molecule has 0 aromatic carbocycles. The number of hydrogen-bond acceptors (Lipinski definition) is 3. The first-order valence-electron chi connectivity index (χ1n) is 7.81. The van der Waals surface area contributed by atoms with E-state index in [4.69, 9.17) is 0 Å². The Kier molecular flexibility index (Phi) is 14.5. The van der Waals surface area contributed by atoms with E-state index in [1.165, 1.54) is 58.5 Å². The molecule has 0 radical (unpaired) electrons. The fraction of sp³-hybridized carbons (Fsp3) is 0.875. The molecule has 3 nitrogen and oxygen atoms in total. The van der Waals surface area contributed by atoms with Gasteiger partial charge in [0.2, 0.25) is 0 Å². The van der Waals surface area contributed by atoms with E-state index in [2.05, 4.69) is 4.74 Å². The summed E-state index contributed by atoms with van der Waals surface area (Å²) >= 11 is 0. The molecule has 0 aliphatic rings. The summed E-state index contributed by atoms with van der Waals surface area (Å²) in [6.45, 7) is 0. The van der Waals surface area contributed by atoms with Crippen molar-refractivity contribution in [1.82, 2.24) is 0 Å². The molecule has 19 heavy (non-hydrogen) atoms. The summed E-state index contributed by atoms with van der Waals surface area (Å²) in [5.41, 5.74) is 0. The lowest BCUT2D eigenvalue weighted by Gasteiger charge is -2.02. The Morgan fingerprint density at radius 3 is 1.63 bits per heavy atom. The van der Waals surface area contributed by atoms with Crippen LogP contribution in [0.2, 0.25) is 0 Å². The Balaban J connectivity index is 2.99. The average Bonchev–Trinajstić information content (AvgIpc) is 2.43. The third-order valence-electron chi connectivity index (χ3n) is 3.43. The van der Waals surface area contributed by atoms with Crippen molar-refractivity contribution in [2.75, 3.05) is 7.11 Å². The van der Waals surface area contributed by atoms with Gasteiger partial charge in [-0.15, -0.1) is 0 Å². The summed E-state index contributed by atoms with van der Waals surface area (Å²) in [5, 5.41) is 0. The fourth-order valence-electron chi connectivity index (χ4n) is 2.19. The van der Waals surface area contributed by atoms with E-state index in [0.29, 0.717) is 6.42 Å². The van der Waals surface area contributed by atoms with Gasteiger partial charge >= 0.3 is 5.97 Å². The quantitative estimate of drug-likeness (QED) is 0.266. The highest BCUT2D eigenvalue weighted by atomic mass is 16.5. The third kappa shape index (κ3) is 15.1. The normalized spacial score (nSPS) is 10.4. The number of ether oxygens (including phenoxy) is 1. The van der Waals surface area contributed by atoms with Crippen LogP contribution < -0.4 is 0 Å². The monoisotopic (exact) mass is 270 g/mol. The van der Waals surface area contributed by atoms with Crippen LogP contribution in [0.4, 0.5) is 0 Å². The van der Waals surface area contributed by atoms with E-state index < -0.39 is 0 Å². The molecule has 0 fully saturated rings. The van der Waals surface area contributed by atoms with E-state index in [9.17, 15) is 9.59 Å². The second-order valence-corrected chi connectivity index (χ2v) is 5.17. The fourth-order valence-corrected chi connectivity index (χ4v) is 2.19. The van der Waals surface area contributed by atoms with Crippen LogP contribution in [0.5, 0.6) is 0 Å². The molecule has 0 aromatic rings. The minimum Gasteiger partial charge on any atom is -0.469 e. The van der Waals surface area contributed by atoms with Gasteiger partial charge in [-0.25, -0.2) is 0 Å². The van der Waals surface area contributed by atoms with Crippen LogP contribution in [0.3, 0.4) is 0 Å². The topological polar surface area (TPSA) is 43.4 Å². The average molecular weight is 270 g/mol. The predicted octanol–water partition coefficient (Wildman–Crippen LogP) is 4.43. The molecule has 0 rings (SSSR count). The van der Waals surface area contributed by atoms with Crippen molar-refractivity contribution in [2.45, 2.75) is 83.5 Å². The van der Waals surface area contributed by atoms with Gasteiger partial charge in [0.15, 0.2) is 0 Å². The van der Waals surface area contributed by atoms with E-state index >= 15 is 0 Å². The number of rotatable bonds is 14. The molecule has 0 amide bonds. The molecule has 0 bridgehead atoms. The zero-order valence-electron chi connectivity index (χ0n) is 12.5. The molecule has 0 saturated heterocycles. The van der Waals surface area contributed by atoms with Crippen molar-refractivity contribution in [3.05, 3.63) is 0 Å². The van der Waals surface area contributed by atoms with Crippen LogP contribution in [0, 0.1) is 0 Å². The molecule has 0 aromatic heterocycles. The summed E-state index contributed by atoms with van der Waals surface area (Å²) in [7, 11) is 1.45. The van der Waals surface area contributed by atoms with Crippen LogP contribution in [0.1, 0.15) is 83.5 Å². The van der Waals surface area contributed by atoms with E-state index in [1.54, 1.807) is 0 Å². The van der Waals surface area contributed by atoms with Crippen LogP contribution >= 0.6 is 0 Å². The number of carbonyl (C=O) groups excluding carboxylic acids is 2. The summed E-state index contributed by atoms with van der Waals surface area (Å²) in [4.78, 5) is 21.0. The predicted molar refractivity (Wildman–Crippen MR) is 78.1 cm³/mol. The largest absolute Gasteiger partial charge is 0.469 e. The molecule has 0 saturated carbocycles. The van der Waals surface area contributed by atoms with Gasteiger partial charge in [0.25, 0.3) is 0 Å². The maximum absolute atomic E-state index is 10.9. The molecule has 0 unspecified atom stereocenters. The van der Waals surface area contributed by atoms with Crippen molar-refractivity contribution in [3.8, 4) is 0 Å². The van der Waals surface area contributed by atoms with E-state index in [0.717, 1.165) is 32.0 Å². The molecule has 0 atom stereocenters. The molecular formula is C16H30O3. The zero-order valence-corrected chi connectivity index (χ0v) is 12.5. The van der Waals surface area contributed by atoms with Gasteiger partial charge in [-0.05, 0) is 12.8 Å². The van der Waals surface area contributed by atoms with Crippen molar-refractivity contribution < 1.29 is 14.3 Å². The highest BCUT2D eigenvalue weighted by molar-refractivity contribution is 5.68. The standard InChI is InChI=1S/C16H30O3/c1-19-16(18)14-12-10-8-6-4-2-3-5-7-9-11-13-15-17/h15H,2-14H2,1H3. The number of unbranched alkanes of at least 4 members (excludes halogenated alkanes) is 11. The summed E-state index contributed by atoms with van der Waals surface area (Å²) in [6, 6.07) is 0. The molecule has 0 aliphatic carbocycles. The minimum atomic E-state index is -0.0884. The highest BCUT2D eigenvalue weighted by Crippen LogP contribution is 2.12. The number of methoxy groups -OCH3 is 1. The summed E-state index contributed by atoms with van der Waals surface area (Å²) in [6.07, 6.45) is 15.7. The van der Waals surface area contributed by atoms with Gasteiger partial charge in [-0.2, -0.15) is 0 Å². The van der Waals surface area contributed by atoms with Gasteiger partial charge in [-0.3, -0.25) is 4.79 Å². The first-order valence-corrected chi connectivity index (χ1v) is 7.81. The first kappa shape index (κ1) is 18.1. The molecule has 0 heterocycles. The first-order chi connectivity index (χ1) is 9.31. The summed E-state index contributed by atoms with van der Waals surface area (Å²) in [5.74, 6) is -0.0884. The van der Waals surface area contributed by atoms with E-state index in [1.807, 2.05) is 0 Å². The Morgan fingerprint density at radius 1 is 0.789 bits per heavy atom. The van der Waals surface area contributed by atoms with Crippen LogP contribution in [-0.2, 0) is 14.3 Å². The lowest BCUT2D eigenvalue weighted by molar-refractivity contribution is -0.140. The third-order valence-corrected chi connectivity index (χ3v) is 3.43. The molecular weight excluding hydrogens is 240 g/mol. The summed E-state index contributed by atoms with van der Waals surface area (Å²) < 4.78 is 4.60. The Bertz CT molecular complexity index is 214. The zero-order chi connectivity index (χ0) is 14.2. The molecule has 3 heteroatoms. The Morgan fingerprint density at radius 2 is 1.21 bits per heavy atom. The Hall–Kier alpha value is -0.860. The van der Waals surface area contributed by atoms with Crippen LogP contribution in [-0.4, -0.2) is 19.4 Å². The maximum Gasteiger partial charge on any atom is 0.305 e. The minimum absolute atomic E-state index is 0.0884. The number of carbonyl (C=O) groups is 2. The van der Waals surface area contributed by atoms with Gasteiger partial charge in [0.05, 0.1) is 7.11 Å². The van der Waals surface area contributed by atoms with Crippen molar-refractivity contribution in [3.63, 3.8) is 0 Å².